The number of aryl methyl sites for hydroxylation is 1. The van der Waals surface area contributed by atoms with Crippen LogP contribution in [0.25, 0.3) is 0 Å². The summed E-state index contributed by atoms with van der Waals surface area (Å²) in [6, 6.07) is 7.58. The first-order valence-electron chi connectivity index (χ1n) is 9.44. The second kappa shape index (κ2) is 13.7. The van der Waals surface area contributed by atoms with Gasteiger partial charge in [0.05, 0.1) is 7.11 Å². The van der Waals surface area contributed by atoms with Crippen molar-refractivity contribution in [2.45, 2.75) is 33.4 Å². The monoisotopic (exact) mass is 515 g/mol. The Kier molecular flexibility index (Phi) is 11.7. The minimum atomic E-state index is -0.139. The molecule has 2 aromatic rings. The molecule has 0 aliphatic heterocycles. The van der Waals surface area contributed by atoms with Crippen LogP contribution in [0.5, 0.6) is 5.75 Å². The molecule has 0 saturated heterocycles. The van der Waals surface area contributed by atoms with Gasteiger partial charge in [0.1, 0.15) is 24.4 Å². The van der Waals surface area contributed by atoms with Gasteiger partial charge in [-0.3, -0.25) is 4.79 Å². The number of hydrogen-bond acceptors (Lipinski definition) is 5. The first kappa shape index (κ1) is 24.7. The topological polar surface area (TPSA) is 105 Å². The van der Waals surface area contributed by atoms with E-state index in [2.05, 4.69) is 31.1 Å². The van der Waals surface area contributed by atoms with Gasteiger partial charge in [-0.25, -0.2) is 4.99 Å². The molecular formula is C19H30IN7O2. The number of amides is 1. The standard InChI is InChI=1S/C19H29N7O2.HI/c1-4-17-25-24-14-26(17)11-10-21-19(20-5-2)23-13-18(27)22-12-15-6-8-16(28-3)9-7-15;/h6-9,14H,4-5,10-13H2,1-3H3,(H,22,27)(H2,20,21,23);1H. The van der Waals surface area contributed by atoms with Crippen molar-refractivity contribution in [3.8, 4) is 5.75 Å². The lowest BCUT2D eigenvalue weighted by atomic mass is 10.2. The Morgan fingerprint density at radius 3 is 2.59 bits per heavy atom. The number of guanidine groups is 1. The molecule has 160 valence electrons. The van der Waals surface area contributed by atoms with E-state index >= 15 is 0 Å². The van der Waals surface area contributed by atoms with Gasteiger partial charge in [-0.2, -0.15) is 0 Å². The summed E-state index contributed by atoms with van der Waals surface area (Å²) in [4.78, 5) is 16.4. The molecular weight excluding hydrogens is 485 g/mol. The molecule has 0 atom stereocenters. The molecule has 1 aromatic carbocycles. The van der Waals surface area contributed by atoms with Crippen LogP contribution < -0.4 is 20.7 Å². The zero-order valence-electron chi connectivity index (χ0n) is 17.1. The van der Waals surface area contributed by atoms with Gasteiger partial charge in [-0.1, -0.05) is 19.1 Å². The van der Waals surface area contributed by atoms with Crippen LogP contribution in [0.1, 0.15) is 25.2 Å². The number of aromatic nitrogens is 3. The molecule has 0 aliphatic rings. The lowest BCUT2D eigenvalue weighted by molar-refractivity contribution is -0.119. The Bertz CT molecular complexity index is 762. The predicted octanol–water partition coefficient (Wildman–Crippen LogP) is 1.34. The number of nitrogens with one attached hydrogen (secondary N) is 3. The molecule has 0 spiro atoms. The number of carbonyl (C=O) groups is 1. The third kappa shape index (κ3) is 8.67. The maximum absolute atomic E-state index is 12.1. The smallest absolute Gasteiger partial charge is 0.242 e. The summed E-state index contributed by atoms with van der Waals surface area (Å²) in [6.07, 6.45) is 2.56. The molecule has 3 N–H and O–H groups in total. The summed E-state index contributed by atoms with van der Waals surface area (Å²) in [5.74, 6) is 2.20. The highest BCUT2D eigenvalue weighted by atomic mass is 127. The van der Waals surface area contributed by atoms with Gasteiger partial charge < -0.3 is 25.3 Å². The number of rotatable bonds is 10. The van der Waals surface area contributed by atoms with Crippen molar-refractivity contribution in [1.82, 2.24) is 30.7 Å². The Balaban J connectivity index is 0.00000420. The van der Waals surface area contributed by atoms with E-state index in [-0.39, 0.29) is 36.4 Å². The third-order valence-electron chi connectivity index (χ3n) is 4.03. The SMILES string of the molecule is CCNC(=NCC(=O)NCc1ccc(OC)cc1)NCCn1cnnc1CC.I. The Labute approximate surface area is 188 Å². The van der Waals surface area contributed by atoms with E-state index in [0.717, 1.165) is 30.1 Å². The maximum atomic E-state index is 12.1. The zero-order valence-corrected chi connectivity index (χ0v) is 19.5. The van der Waals surface area contributed by atoms with Crippen molar-refractivity contribution in [3.05, 3.63) is 42.0 Å². The molecule has 1 aromatic heterocycles. The second-order valence-corrected chi connectivity index (χ2v) is 6.04. The Hall–Kier alpha value is -2.37. The summed E-state index contributed by atoms with van der Waals surface area (Å²) in [5, 5.41) is 17.2. The van der Waals surface area contributed by atoms with Crippen LogP contribution >= 0.6 is 24.0 Å². The molecule has 0 fully saturated rings. The van der Waals surface area contributed by atoms with Crippen LogP contribution in [-0.2, 0) is 24.3 Å². The Morgan fingerprint density at radius 1 is 1.17 bits per heavy atom. The molecule has 0 radical (unpaired) electrons. The quantitative estimate of drug-likeness (QED) is 0.251. The van der Waals surface area contributed by atoms with Crippen LogP contribution in [0.15, 0.2) is 35.6 Å². The van der Waals surface area contributed by atoms with Crippen molar-refractivity contribution in [2.75, 3.05) is 26.7 Å². The highest BCUT2D eigenvalue weighted by molar-refractivity contribution is 14.0. The van der Waals surface area contributed by atoms with Gasteiger partial charge in [-0.05, 0) is 24.6 Å². The molecule has 0 unspecified atom stereocenters. The number of aliphatic imine (C=N–C) groups is 1. The van der Waals surface area contributed by atoms with Crippen LogP contribution in [0, 0.1) is 0 Å². The molecule has 1 heterocycles. The van der Waals surface area contributed by atoms with Crippen LogP contribution in [0.4, 0.5) is 0 Å². The molecule has 10 heteroatoms. The fourth-order valence-corrected chi connectivity index (χ4v) is 2.53. The van der Waals surface area contributed by atoms with Gasteiger partial charge in [0.2, 0.25) is 5.91 Å². The van der Waals surface area contributed by atoms with E-state index in [0.29, 0.717) is 25.6 Å². The summed E-state index contributed by atoms with van der Waals surface area (Å²) in [7, 11) is 1.62. The van der Waals surface area contributed by atoms with Gasteiger partial charge >= 0.3 is 0 Å². The second-order valence-electron chi connectivity index (χ2n) is 6.04. The molecule has 9 nitrogen and oxygen atoms in total. The minimum absolute atomic E-state index is 0. The number of hydrogen-bond donors (Lipinski definition) is 3. The zero-order chi connectivity index (χ0) is 20.2. The molecule has 2 rings (SSSR count). The lowest BCUT2D eigenvalue weighted by Crippen LogP contribution is -2.40. The molecule has 0 aliphatic carbocycles. The lowest BCUT2D eigenvalue weighted by Gasteiger charge is -2.12. The van der Waals surface area contributed by atoms with E-state index in [1.165, 1.54) is 0 Å². The third-order valence-corrected chi connectivity index (χ3v) is 4.03. The largest absolute Gasteiger partial charge is 0.497 e. The molecule has 0 bridgehead atoms. The van der Waals surface area contributed by atoms with E-state index in [9.17, 15) is 4.79 Å². The first-order valence-corrected chi connectivity index (χ1v) is 9.44. The van der Waals surface area contributed by atoms with Gasteiger partial charge in [0, 0.05) is 32.6 Å². The average molecular weight is 515 g/mol. The normalized spacial score (nSPS) is 10.8. The fourth-order valence-electron chi connectivity index (χ4n) is 2.53. The number of halogens is 1. The number of carbonyl (C=O) groups excluding carboxylic acids is 1. The van der Waals surface area contributed by atoms with Gasteiger partial charge in [-0.15, -0.1) is 34.2 Å². The van der Waals surface area contributed by atoms with Crippen molar-refractivity contribution in [3.63, 3.8) is 0 Å². The number of benzene rings is 1. The van der Waals surface area contributed by atoms with Gasteiger partial charge in [0.15, 0.2) is 5.96 Å². The number of ether oxygens (including phenoxy) is 1. The highest BCUT2D eigenvalue weighted by Gasteiger charge is 2.04. The van der Waals surface area contributed by atoms with E-state index < -0.39 is 0 Å². The fraction of sp³-hybridized carbons (Fsp3) is 0.474. The van der Waals surface area contributed by atoms with Crippen LogP contribution in [-0.4, -0.2) is 53.4 Å². The highest BCUT2D eigenvalue weighted by Crippen LogP contribution is 2.10. The van der Waals surface area contributed by atoms with E-state index in [1.807, 2.05) is 42.7 Å². The van der Waals surface area contributed by atoms with E-state index in [1.54, 1.807) is 13.4 Å². The molecule has 1 amide bonds. The average Bonchev–Trinajstić information content (AvgIpc) is 3.18. The van der Waals surface area contributed by atoms with Gasteiger partial charge in [0.25, 0.3) is 0 Å². The number of methoxy groups -OCH3 is 1. The molecule has 0 saturated carbocycles. The summed E-state index contributed by atoms with van der Waals surface area (Å²) < 4.78 is 7.12. The first-order chi connectivity index (χ1) is 13.7. The van der Waals surface area contributed by atoms with Crippen molar-refractivity contribution in [2.24, 2.45) is 4.99 Å². The van der Waals surface area contributed by atoms with Crippen molar-refractivity contribution < 1.29 is 9.53 Å². The van der Waals surface area contributed by atoms with Crippen LogP contribution in [0.2, 0.25) is 0 Å². The molecule has 29 heavy (non-hydrogen) atoms. The summed E-state index contributed by atoms with van der Waals surface area (Å²) in [6.45, 7) is 6.63. The number of nitrogens with zero attached hydrogens (tertiary/aromatic N) is 4. The summed E-state index contributed by atoms with van der Waals surface area (Å²) >= 11 is 0. The van der Waals surface area contributed by atoms with Crippen molar-refractivity contribution in [1.29, 1.82) is 0 Å². The predicted molar refractivity (Wildman–Crippen MR) is 124 cm³/mol. The summed E-state index contributed by atoms with van der Waals surface area (Å²) in [5.41, 5.74) is 1.00. The Morgan fingerprint density at radius 2 is 1.93 bits per heavy atom. The van der Waals surface area contributed by atoms with Crippen molar-refractivity contribution >= 4 is 35.8 Å². The van der Waals surface area contributed by atoms with E-state index in [4.69, 9.17) is 4.74 Å². The minimum Gasteiger partial charge on any atom is -0.497 e. The maximum Gasteiger partial charge on any atom is 0.242 e. The van der Waals surface area contributed by atoms with Crippen LogP contribution in [0.3, 0.4) is 0 Å².